The van der Waals surface area contributed by atoms with Gasteiger partial charge in [-0.25, -0.2) is 9.79 Å². The van der Waals surface area contributed by atoms with Crippen molar-refractivity contribution < 1.29 is 14.4 Å². The van der Waals surface area contributed by atoms with Crippen LogP contribution in [-0.4, -0.2) is 28.3 Å². The fourth-order valence-electron chi connectivity index (χ4n) is 2.18. The van der Waals surface area contributed by atoms with Gasteiger partial charge in [-0.1, -0.05) is 48.2 Å². The molecule has 1 fully saturated rings. The topological polar surface area (TPSA) is 114 Å². The van der Waals surface area contributed by atoms with E-state index in [1.54, 1.807) is 6.07 Å². The minimum atomic E-state index is -1.15. The molecule has 2 aromatic carbocycles. The van der Waals surface area contributed by atoms with Crippen LogP contribution in [0.15, 0.2) is 47.5 Å². The molecule has 7 nitrogen and oxygen atoms in total. The smallest absolute Gasteiger partial charge is 0.328 e. The molecule has 0 spiro atoms. The lowest BCUT2D eigenvalue weighted by Gasteiger charge is -2.19. The molecule has 0 bridgehead atoms. The van der Waals surface area contributed by atoms with Gasteiger partial charge in [-0.3, -0.25) is 20.2 Å². The van der Waals surface area contributed by atoms with Gasteiger partial charge < -0.3 is 5.73 Å². The molecule has 1 heterocycles. The van der Waals surface area contributed by atoms with Crippen LogP contribution in [0.25, 0.3) is 10.8 Å². The van der Waals surface area contributed by atoms with Crippen molar-refractivity contribution in [2.24, 2.45) is 10.7 Å². The maximum atomic E-state index is 11.7. The van der Waals surface area contributed by atoms with Crippen LogP contribution < -0.4 is 16.4 Å². The van der Waals surface area contributed by atoms with Gasteiger partial charge in [-0.05, 0) is 11.5 Å². The summed E-state index contributed by atoms with van der Waals surface area (Å²) in [5.41, 5.74) is 6.49. The third-order valence-corrected chi connectivity index (χ3v) is 4.18. The van der Waals surface area contributed by atoms with Crippen molar-refractivity contribution in [3.8, 4) is 0 Å². The summed E-state index contributed by atoms with van der Waals surface area (Å²) in [7, 11) is 0. The maximum absolute atomic E-state index is 11.7. The number of aliphatic imine (C=N–C) groups is 1. The van der Waals surface area contributed by atoms with Gasteiger partial charge in [-0.2, -0.15) is 0 Å². The van der Waals surface area contributed by atoms with Crippen molar-refractivity contribution in [3.05, 3.63) is 42.5 Å². The second-order valence-corrected chi connectivity index (χ2v) is 5.88. The number of amidine groups is 1. The number of nitrogens with two attached hydrogens (primary N) is 1. The van der Waals surface area contributed by atoms with Gasteiger partial charge in [0.2, 0.25) is 0 Å². The molecule has 0 atom stereocenters. The number of rotatable bonds is 2. The molecule has 116 valence electrons. The van der Waals surface area contributed by atoms with Crippen molar-refractivity contribution in [3.63, 3.8) is 0 Å². The van der Waals surface area contributed by atoms with Crippen LogP contribution in [-0.2, 0) is 9.59 Å². The lowest BCUT2D eigenvalue weighted by Crippen LogP contribution is -2.57. The number of hydrogen-bond acceptors (Lipinski definition) is 5. The molecular formula is C15H12N4O3S. The summed E-state index contributed by atoms with van der Waals surface area (Å²) in [5, 5.41) is 4.86. The zero-order valence-corrected chi connectivity index (χ0v) is 12.6. The first-order valence-corrected chi connectivity index (χ1v) is 7.57. The van der Waals surface area contributed by atoms with E-state index in [1.807, 2.05) is 47.0 Å². The number of amides is 4. The third-order valence-electron chi connectivity index (χ3n) is 3.19. The number of hydrogen-bond donors (Lipinski definition) is 3. The van der Waals surface area contributed by atoms with Gasteiger partial charge in [-0.15, -0.1) is 0 Å². The van der Waals surface area contributed by atoms with Gasteiger partial charge >= 0.3 is 6.03 Å². The SMILES string of the molecule is NC(=Nc1cccc2ccccc12)SC1C(=O)NC(=O)NC1=O. The average Bonchev–Trinajstić information content (AvgIpc) is 2.51. The number of nitrogens with one attached hydrogen (secondary N) is 2. The molecule has 4 N–H and O–H groups in total. The number of carbonyl (C=O) groups excluding carboxylic acids is 3. The average molecular weight is 328 g/mol. The maximum Gasteiger partial charge on any atom is 0.328 e. The standard InChI is InChI=1S/C15H12N4O3S/c16-14(23-11-12(20)18-15(22)19-13(11)21)17-10-7-3-5-8-4-1-2-6-9(8)10/h1-7,11H,(H2,16,17)(H2,18,19,20,21,22). The van der Waals surface area contributed by atoms with Gasteiger partial charge in [0, 0.05) is 5.39 Å². The molecule has 0 aromatic heterocycles. The van der Waals surface area contributed by atoms with Crippen LogP contribution in [0.2, 0.25) is 0 Å². The highest BCUT2D eigenvalue weighted by Crippen LogP contribution is 2.27. The second kappa shape index (κ2) is 6.09. The number of carbonyl (C=O) groups is 3. The third kappa shape index (κ3) is 3.16. The molecule has 1 aliphatic rings. The summed E-state index contributed by atoms with van der Waals surface area (Å²) in [6.45, 7) is 0. The molecule has 8 heteroatoms. The molecular weight excluding hydrogens is 316 g/mol. The number of urea groups is 1. The number of benzene rings is 2. The van der Waals surface area contributed by atoms with E-state index >= 15 is 0 Å². The number of barbiturate groups is 1. The number of fused-ring (bicyclic) bond motifs is 1. The van der Waals surface area contributed by atoms with Gasteiger partial charge in [0.25, 0.3) is 11.8 Å². The Kier molecular flexibility index (Phi) is 3.98. The Bertz CT molecular complexity index is 824. The van der Waals surface area contributed by atoms with E-state index in [-0.39, 0.29) is 5.17 Å². The van der Waals surface area contributed by atoms with E-state index in [1.165, 1.54) is 0 Å². The highest BCUT2D eigenvalue weighted by atomic mass is 32.2. The quantitative estimate of drug-likeness (QED) is 0.436. The summed E-state index contributed by atoms with van der Waals surface area (Å²) >= 11 is 0.794. The van der Waals surface area contributed by atoms with E-state index in [0.29, 0.717) is 5.69 Å². The van der Waals surface area contributed by atoms with Gasteiger partial charge in [0.05, 0.1) is 5.69 Å². The van der Waals surface area contributed by atoms with Crippen molar-refractivity contribution in [1.29, 1.82) is 0 Å². The normalized spacial score (nSPS) is 16.3. The Labute approximate surface area is 135 Å². The highest BCUT2D eigenvalue weighted by molar-refractivity contribution is 8.15. The van der Waals surface area contributed by atoms with E-state index in [0.717, 1.165) is 22.5 Å². The zero-order chi connectivity index (χ0) is 16.4. The van der Waals surface area contributed by atoms with E-state index in [2.05, 4.69) is 4.99 Å². The lowest BCUT2D eigenvalue weighted by molar-refractivity contribution is -0.128. The van der Waals surface area contributed by atoms with Gasteiger partial charge in [0.15, 0.2) is 10.4 Å². The minimum Gasteiger partial charge on any atom is -0.378 e. The largest absolute Gasteiger partial charge is 0.378 e. The van der Waals surface area contributed by atoms with Crippen LogP contribution in [0.5, 0.6) is 0 Å². The summed E-state index contributed by atoms with van der Waals surface area (Å²) < 4.78 is 0. The van der Waals surface area contributed by atoms with Crippen LogP contribution >= 0.6 is 11.8 Å². The molecule has 23 heavy (non-hydrogen) atoms. The zero-order valence-electron chi connectivity index (χ0n) is 11.8. The molecule has 4 amide bonds. The van der Waals surface area contributed by atoms with Crippen molar-refractivity contribution in [1.82, 2.24) is 10.6 Å². The number of imide groups is 2. The predicted octanol–water partition coefficient (Wildman–Crippen LogP) is 1.25. The Morgan fingerprint density at radius 3 is 2.39 bits per heavy atom. The van der Waals surface area contributed by atoms with Crippen LogP contribution in [0.4, 0.5) is 10.5 Å². The summed E-state index contributed by atoms with van der Waals surface area (Å²) in [5.74, 6) is -1.42. The Balaban J connectivity index is 1.86. The predicted molar refractivity (Wildman–Crippen MR) is 88.3 cm³/mol. The molecule has 0 saturated carbocycles. The summed E-state index contributed by atoms with van der Waals surface area (Å²) in [6, 6.07) is 12.4. The molecule has 0 unspecified atom stereocenters. The Morgan fingerprint density at radius 1 is 1.00 bits per heavy atom. The Hall–Kier alpha value is -2.87. The monoisotopic (exact) mass is 328 g/mol. The van der Waals surface area contributed by atoms with Crippen LogP contribution in [0.3, 0.4) is 0 Å². The second-order valence-electron chi connectivity index (χ2n) is 4.75. The van der Waals surface area contributed by atoms with Crippen LogP contribution in [0.1, 0.15) is 0 Å². The Morgan fingerprint density at radius 2 is 1.65 bits per heavy atom. The van der Waals surface area contributed by atoms with Gasteiger partial charge in [0.1, 0.15) is 0 Å². The highest BCUT2D eigenvalue weighted by Gasteiger charge is 2.35. The fraction of sp³-hybridized carbons (Fsp3) is 0.0667. The summed E-state index contributed by atoms with van der Waals surface area (Å²) in [6.07, 6.45) is 0. The molecule has 2 aromatic rings. The minimum absolute atomic E-state index is 0.0611. The fourth-order valence-corrected chi connectivity index (χ4v) is 2.91. The van der Waals surface area contributed by atoms with E-state index in [4.69, 9.17) is 5.73 Å². The molecule has 1 saturated heterocycles. The van der Waals surface area contributed by atoms with E-state index in [9.17, 15) is 14.4 Å². The first kappa shape index (κ1) is 15.0. The lowest BCUT2D eigenvalue weighted by atomic mass is 10.1. The number of thioether (sulfide) groups is 1. The first-order valence-electron chi connectivity index (χ1n) is 6.69. The molecule has 0 radical (unpaired) electrons. The summed E-state index contributed by atoms with van der Waals surface area (Å²) in [4.78, 5) is 38.7. The molecule has 3 rings (SSSR count). The molecule has 0 aliphatic carbocycles. The van der Waals surface area contributed by atoms with Crippen molar-refractivity contribution >= 4 is 51.2 Å². The van der Waals surface area contributed by atoms with Crippen molar-refractivity contribution in [2.75, 3.05) is 0 Å². The van der Waals surface area contributed by atoms with Crippen LogP contribution in [0, 0.1) is 0 Å². The van der Waals surface area contributed by atoms with Crippen molar-refractivity contribution in [2.45, 2.75) is 5.25 Å². The number of nitrogens with zero attached hydrogens (tertiary/aromatic N) is 1. The first-order chi connectivity index (χ1) is 11.0. The van der Waals surface area contributed by atoms with E-state index < -0.39 is 23.1 Å². The molecule has 1 aliphatic heterocycles.